The molecule has 2 aromatic rings. The summed E-state index contributed by atoms with van der Waals surface area (Å²) < 4.78 is 1.93. The summed E-state index contributed by atoms with van der Waals surface area (Å²) in [6.07, 6.45) is 1.67. The lowest BCUT2D eigenvalue weighted by Crippen LogP contribution is -1.92. The van der Waals surface area contributed by atoms with Crippen LogP contribution in [0, 0.1) is 6.92 Å². The van der Waals surface area contributed by atoms with Gasteiger partial charge < -0.3 is 9.67 Å². The van der Waals surface area contributed by atoms with Crippen LogP contribution in [-0.4, -0.2) is 19.6 Å². The van der Waals surface area contributed by atoms with Crippen molar-refractivity contribution in [3.63, 3.8) is 0 Å². The second kappa shape index (κ2) is 2.81. The maximum absolute atomic E-state index is 8.90. The van der Waals surface area contributed by atoms with Crippen LogP contribution in [-0.2, 0) is 13.7 Å². The molecule has 0 fully saturated rings. The van der Waals surface area contributed by atoms with E-state index in [4.69, 9.17) is 5.11 Å². The smallest absolute Gasteiger partial charge is 0.159 e. The van der Waals surface area contributed by atoms with E-state index in [1.165, 1.54) is 0 Å². The molecule has 0 aliphatic rings. The third-order valence-corrected chi connectivity index (χ3v) is 2.17. The van der Waals surface area contributed by atoms with Gasteiger partial charge in [-0.3, -0.25) is 0 Å². The van der Waals surface area contributed by atoms with Crippen LogP contribution in [0.3, 0.4) is 0 Å². The largest absolute Gasteiger partial charge is 0.392 e. The standard InChI is InChI=1S/C9H11N3O/c1-6-11-8-3-7(5-13)4-10-9(8)12(6)2/h3-4,13H,5H2,1-2H3. The van der Waals surface area contributed by atoms with E-state index in [0.29, 0.717) is 0 Å². The molecule has 68 valence electrons. The zero-order chi connectivity index (χ0) is 9.42. The normalized spacial score (nSPS) is 11.0. The fourth-order valence-electron chi connectivity index (χ4n) is 1.32. The highest BCUT2D eigenvalue weighted by atomic mass is 16.3. The van der Waals surface area contributed by atoms with E-state index in [9.17, 15) is 0 Å². The van der Waals surface area contributed by atoms with Gasteiger partial charge in [-0.1, -0.05) is 0 Å². The molecule has 2 rings (SSSR count). The van der Waals surface area contributed by atoms with Crippen LogP contribution >= 0.6 is 0 Å². The number of aryl methyl sites for hydroxylation is 2. The number of hydrogen-bond acceptors (Lipinski definition) is 3. The summed E-state index contributed by atoms with van der Waals surface area (Å²) in [7, 11) is 1.93. The second-order valence-electron chi connectivity index (χ2n) is 3.06. The van der Waals surface area contributed by atoms with Gasteiger partial charge in [0, 0.05) is 13.2 Å². The Labute approximate surface area is 75.9 Å². The van der Waals surface area contributed by atoms with Crippen molar-refractivity contribution in [2.75, 3.05) is 0 Å². The van der Waals surface area contributed by atoms with E-state index < -0.39 is 0 Å². The summed E-state index contributed by atoms with van der Waals surface area (Å²) >= 11 is 0. The summed E-state index contributed by atoms with van der Waals surface area (Å²) in [4.78, 5) is 8.52. The SMILES string of the molecule is Cc1nc2cc(CO)cnc2n1C. The molecule has 0 aromatic carbocycles. The van der Waals surface area contributed by atoms with Gasteiger partial charge in [0.25, 0.3) is 0 Å². The summed E-state index contributed by atoms with van der Waals surface area (Å²) in [6, 6.07) is 1.86. The Kier molecular flexibility index (Phi) is 1.77. The van der Waals surface area contributed by atoms with Crippen LogP contribution in [0.2, 0.25) is 0 Å². The molecule has 13 heavy (non-hydrogen) atoms. The molecule has 0 amide bonds. The lowest BCUT2D eigenvalue weighted by Gasteiger charge is -1.96. The first-order chi connectivity index (χ1) is 6.22. The van der Waals surface area contributed by atoms with Crippen molar-refractivity contribution in [3.05, 3.63) is 23.7 Å². The lowest BCUT2D eigenvalue weighted by molar-refractivity contribution is 0.281. The predicted molar refractivity (Wildman–Crippen MR) is 49.2 cm³/mol. The summed E-state index contributed by atoms with van der Waals surface area (Å²) in [5.74, 6) is 0.928. The van der Waals surface area contributed by atoms with Crippen LogP contribution in [0.1, 0.15) is 11.4 Å². The molecule has 0 saturated carbocycles. The Hall–Kier alpha value is -1.42. The van der Waals surface area contributed by atoms with E-state index in [2.05, 4.69) is 9.97 Å². The first kappa shape index (κ1) is 8.19. The number of hydrogen-bond donors (Lipinski definition) is 1. The molecule has 4 nitrogen and oxygen atoms in total. The van der Waals surface area contributed by atoms with Gasteiger partial charge in [0.15, 0.2) is 5.65 Å². The number of pyridine rings is 1. The summed E-state index contributed by atoms with van der Waals surface area (Å²) in [6.45, 7) is 1.94. The van der Waals surface area contributed by atoms with E-state index >= 15 is 0 Å². The van der Waals surface area contributed by atoms with Gasteiger partial charge in [-0.05, 0) is 18.6 Å². The van der Waals surface area contributed by atoms with Crippen LogP contribution in [0.5, 0.6) is 0 Å². The molecule has 0 saturated heterocycles. The minimum atomic E-state index is 0.0125. The molecular formula is C9H11N3O. The van der Waals surface area contributed by atoms with Crippen molar-refractivity contribution in [3.8, 4) is 0 Å². The molecule has 0 aliphatic carbocycles. The molecule has 2 heterocycles. The van der Waals surface area contributed by atoms with Crippen LogP contribution in [0.25, 0.3) is 11.2 Å². The molecule has 0 radical (unpaired) electrons. The molecule has 2 aromatic heterocycles. The van der Waals surface area contributed by atoms with Gasteiger partial charge in [0.05, 0.1) is 6.61 Å². The van der Waals surface area contributed by atoms with Gasteiger partial charge in [-0.2, -0.15) is 0 Å². The first-order valence-corrected chi connectivity index (χ1v) is 4.11. The summed E-state index contributed by atoms with van der Waals surface area (Å²) in [5.41, 5.74) is 2.49. The topological polar surface area (TPSA) is 50.9 Å². The minimum absolute atomic E-state index is 0.0125. The number of nitrogens with zero attached hydrogens (tertiary/aromatic N) is 3. The highest BCUT2D eigenvalue weighted by Gasteiger charge is 2.05. The molecule has 4 heteroatoms. The van der Waals surface area contributed by atoms with Crippen LogP contribution in [0.15, 0.2) is 12.3 Å². The number of rotatable bonds is 1. The zero-order valence-corrected chi connectivity index (χ0v) is 7.65. The van der Waals surface area contributed by atoms with Gasteiger partial charge in [0.2, 0.25) is 0 Å². The number of aromatic nitrogens is 3. The van der Waals surface area contributed by atoms with Crippen LogP contribution in [0.4, 0.5) is 0 Å². The highest BCUT2D eigenvalue weighted by Crippen LogP contribution is 2.13. The van der Waals surface area contributed by atoms with E-state index in [1.54, 1.807) is 6.20 Å². The maximum Gasteiger partial charge on any atom is 0.159 e. The van der Waals surface area contributed by atoms with Crippen molar-refractivity contribution in [1.29, 1.82) is 0 Å². The van der Waals surface area contributed by atoms with E-state index in [0.717, 1.165) is 22.6 Å². The third-order valence-electron chi connectivity index (χ3n) is 2.17. The van der Waals surface area contributed by atoms with E-state index in [1.807, 2.05) is 24.6 Å². The van der Waals surface area contributed by atoms with Gasteiger partial charge in [-0.25, -0.2) is 9.97 Å². The predicted octanol–water partition coefficient (Wildman–Crippen LogP) is 0.769. The molecule has 0 bridgehead atoms. The maximum atomic E-state index is 8.90. The first-order valence-electron chi connectivity index (χ1n) is 4.11. The Morgan fingerprint density at radius 3 is 3.00 bits per heavy atom. The zero-order valence-electron chi connectivity index (χ0n) is 7.65. The Morgan fingerprint density at radius 2 is 2.31 bits per heavy atom. The van der Waals surface area contributed by atoms with Gasteiger partial charge in [0.1, 0.15) is 11.3 Å². The number of fused-ring (bicyclic) bond motifs is 1. The third kappa shape index (κ3) is 1.19. The monoisotopic (exact) mass is 177 g/mol. The quantitative estimate of drug-likeness (QED) is 0.700. The van der Waals surface area contributed by atoms with Gasteiger partial charge in [-0.15, -0.1) is 0 Å². The number of imidazole rings is 1. The number of aliphatic hydroxyl groups is 1. The average molecular weight is 177 g/mol. The average Bonchev–Trinajstić information content (AvgIpc) is 2.42. The molecule has 0 spiro atoms. The van der Waals surface area contributed by atoms with Gasteiger partial charge >= 0.3 is 0 Å². The molecule has 0 unspecified atom stereocenters. The fourth-order valence-corrected chi connectivity index (χ4v) is 1.32. The van der Waals surface area contributed by atoms with Crippen molar-refractivity contribution in [2.24, 2.45) is 7.05 Å². The van der Waals surface area contributed by atoms with Crippen molar-refractivity contribution < 1.29 is 5.11 Å². The fraction of sp³-hybridized carbons (Fsp3) is 0.333. The van der Waals surface area contributed by atoms with Crippen molar-refractivity contribution in [1.82, 2.24) is 14.5 Å². The Morgan fingerprint density at radius 1 is 1.54 bits per heavy atom. The molecule has 0 aliphatic heterocycles. The number of aliphatic hydroxyl groups excluding tert-OH is 1. The van der Waals surface area contributed by atoms with Crippen LogP contribution < -0.4 is 0 Å². The van der Waals surface area contributed by atoms with Crippen molar-refractivity contribution >= 4 is 11.2 Å². The lowest BCUT2D eigenvalue weighted by atomic mass is 10.3. The van der Waals surface area contributed by atoms with Crippen molar-refractivity contribution in [2.45, 2.75) is 13.5 Å². The molecular weight excluding hydrogens is 166 g/mol. The summed E-state index contributed by atoms with van der Waals surface area (Å²) in [5, 5.41) is 8.90. The molecule has 0 atom stereocenters. The Balaban J connectivity index is 2.73. The van der Waals surface area contributed by atoms with E-state index in [-0.39, 0.29) is 6.61 Å². The minimum Gasteiger partial charge on any atom is -0.392 e. The Bertz CT molecular complexity index is 447. The second-order valence-corrected chi connectivity index (χ2v) is 3.06. The molecule has 1 N–H and O–H groups in total. The highest BCUT2D eigenvalue weighted by molar-refractivity contribution is 5.71.